The van der Waals surface area contributed by atoms with Gasteiger partial charge >= 0.3 is 11.5 Å². The lowest BCUT2D eigenvalue weighted by atomic mass is 9.91. The van der Waals surface area contributed by atoms with Crippen LogP contribution in [-0.2, 0) is 39.0 Å². The van der Waals surface area contributed by atoms with E-state index in [1.54, 1.807) is 20.8 Å². The van der Waals surface area contributed by atoms with Gasteiger partial charge in [-0.2, -0.15) is 13.2 Å². The topological polar surface area (TPSA) is 129 Å². The summed E-state index contributed by atoms with van der Waals surface area (Å²) in [5.74, 6) is -1.68. The van der Waals surface area contributed by atoms with Gasteiger partial charge in [0.15, 0.2) is 19.7 Å². The van der Waals surface area contributed by atoms with E-state index in [1.165, 1.54) is 0 Å². The van der Waals surface area contributed by atoms with Crippen molar-refractivity contribution in [2.45, 2.75) is 49.5 Å². The molecule has 27 heavy (non-hydrogen) atoms. The molecule has 0 spiro atoms. The number of unbranched alkanes of at least 4 members (excludes halogenated alkanes) is 1. The van der Waals surface area contributed by atoms with Crippen molar-refractivity contribution in [2.75, 3.05) is 18.6 Å². The first kappa shape index (κ1) is 26.1. The van der Waals surface area contributed by atoms with Gasteiger partial charge in [-0.15, -0.1) is 0 Å². The monoisotopic (exact) mass is 460 g/mol. The first-order valence-corrected chi connectivity index (χ1v) is 12.9. The number of alkyl halides is 3. The van der Waals surface area contributed by atoms with Crippen LogP contribution in [0.4, 0.5) is 13.2 Å². The van der Waals surface area contributed by atoms with E-state index in [1.807, 2.05) is 0 Å². The number of sulfone groups is 3. The van der Waals surface area contributed by atoms with Crippen LogP contribution in [0, 0.1) is 5.41 Å². The maximum Gasteiger partial charge on any atom is 0.499 e. The third kappa shape index (κ3) is 6.89. The van der Waals surface area contributed by atoms with Crippen molar-refractivity contribution in [1.82, 2.24) is 0 Å². The van der Waals surface area contributed by atoms with Gasteiger partial charge in [0.25, 0.3) is 13.8 Å². The highest BCUT2D eigenvalue weighted by atomic mass is 32.3. The highest BCUT2D eigenvalue weighted by Gasteiger charge is 2.59. The zero-order valence-corrected chi connectivity index (χ0v) is 17.7. The fourth-order valence-corrected chi connectivity index (χ4v) is 9.57. The van der Waals surface area contributed by atoms with Crippen molar-refractivity contribution in [3.05, 3.63) is 0 Å². The summed E-state index contributed by atoms with van der Waals surface area (Å²) in [6.45, 7) is 4.75. The Bertz CT molecular complexity index is 840. The standard InChI is InChI=1S/C13H23F3O8S3/c1-5-12(2,3)10(17)24-8-6-7-9-26(20,21)11(25(4,18)19)27(22,23)13(14,15)16/h11H,5-9H2,1-4H3. The quantitative estimate of drug-likeness (QED) is 0.354. The Morgan fingerprint density at radius 2 is 1.48 bits per heavy atom. The van der Waals surface area contributed by atoms with E-state index in [4.69, 9.17) is 4.74 Å². The van der Waals surface area contributed by atoms with Crippen LogP contribution in [0.1, 0.15) is 40.0 Å². The Hall–Kier alpha value is -0.890. The number of ether oxygens (including phenoxy) is 1. The molecule has 0 heterocycles. The maximum absolute atomic E-state index is 12.6. The van der Waals surface area contributed by atoms with E-state index in [0.717, 1.165) is 0 Å². The predicted molar refractivity (Wildman–Crippen MR) is 91.7 cm³/mol. The minimum Gasteiger partial charge on any atom is -0.465 e. The van der Waals surface area contributed by atoms with Crippen LogP contribution >= 0.6 is 0 Å². The summed E-state index contributed by atoms with van der Waals surface area (Å²) in [4.78, 5) is 11.7. The van der Waals surface area contributed by atoms with Crippen molar-refractivity contribution in [1.29, 1.82) is 0 Å². The molecule has 0 aliphatic rings. The fraction of sp³-hybridized carbons (Fsp3) is 0.923. The normalized spacial score (nSPS) is 15.4. The van der Waals surface area contributed by atoms with Gasteiger partial charge < -0.3 is 4.74 Å². The molecule has 0 aliphatic carbocycles. The van der Waals surface area contributed by atoms with Gasteiger partial charge in [-0.1, -0.05) is 6.92 Å². The van der Waals surface area contributed by atoms with E-state index in [0.29, 0.717) is 6.42 Å². The van der Waals surface area contributed by atoms with E-state index >= 15 is 0 Å². The van der Waals surface area contributed by atoms with Crippen LogP contribution in [0.3, 0.4) is 0 Å². The third-order valence-corrected chi connectivity index (χ3v) is 12.4. The van der Waals surface area contributed by atoms with Crippen LogP contribution < -0.4 is 0 Å². The average Bonchev–Trinajstić information content (AvgIpc) is 2.42. The van der Waals surface area contributed by atoms with Gasteiger partial charge in [0.05, 0.1) is 17.8 Å². The summed E-state index contributed by atoms with van der Waals surface area (Å²) in [6, 6.07) is 0. The number of hydrogen-bond acceptors (Lipinski definition) is 8. The number of hydrogen-bond donors (Lipinski definition) is 0. The van der Waals surface area contributed by atoms with Crippen molar-refractivity contribution in [3.63, 3.8) is 0 Å². The molecule has 0 N–H and O–H groups in total. The molecule has 0 radical (unpaired) electrons. The number of carbonyl (C=O) groups is 1. The third-order valence-electron chi connectivity index (χ3n) is 3.71. The lowest BCUT2D eigenvalue weighted by Gasteiger charge is -2.20. The van der Waals surface area contributed by atoms with Crippen LogP contribution in [0.5, 0.6) is 0 Å². The maximum atomic E-state index is 12.6. The van der Waals surface area contributed by atoms with Gasteiger partial charge in [0.2, 0.25) is 0 Å². The summed E-state index contributed by atoms with van der Waals surface area (Å²) in [5.41, 5.74) is -6.82. The SMILES string of the molecule is CCC(C)(C)C(=O)OCCCCS(=O)(=O)C(S(C)(=O)=O)S(=O)(=O)C(F)(F)F. The summed E-state index contributed by atoms with van der Waals surface area (Å²) in [7, 11) is -16.8. The zero-order valence-electron chi connectivity index (χ0n) is 15.2. The van der Waals surface area contributed by atoms with Gasteiger partial charge in [0.1, 0.15) is 0 Å². The second-order valence-electron chi connectivity index (χ2n) is 6.56. The first-order valence-electron chi connectivity index (χ1n) is 7.68. The van der Waals surface area contributed by atoms with Crippen molar-refractivity contribution >= 4 is 35.5 Å². The lowest BCUT2D eigenvalue weighted by Crippen LogP contribution is -2.45. The van der Waals surface area contributed by atoms with Gasteiger partial charge in [-0.05, 0) is 33.1 Å². The molecule has 1 atom stereocenters. The number of esters is 1. The molecule has 162 valence electrons. The Morgan fingerprint density at radius 1 is 1.00 bits per heavy atom. The molecule has 0 bridgehead atoms. The molecule has 0 aromatic carbocycles. The Labute approximate surface area is 157 Å². The summed E-state index contributed by atoms with van der Waals surface area (Å²) in [5, 5.41) is 0. The lowest BCUT2D eigenvalue weighted by molar-refractivity contribution is -0.154. The number of carbonyl (C=O) groups excluding carboxylic acids is 1. The van der Waals surface area contributed by atoms with E-state index < -0.39 is 56.1 Å². The minimum atomic E-state index is -6.49. The first-order chi connectivity index (χ1) is 11.8. The fourth-order valence-electron chi connectivity index (χ4n) is 1.80. The molecular weight excluding hydrogens is 437 g/mol. The molecule has 0 aliphatic heterocycles. The molecule has 14 heteroatoms. The van der Waals surface area contributed by atoms with Crippen LogP contribution in [-0.4, -0.2) is 59.3 Å². The van der Waals surface area contributed by atoms with Gasteiger partial charge in [-0.3, -0.25) is 4.79 Å². The van der Waals surface area contributed by atoms with Crippen LogP contribution in [0.2, 0.25) is 0 Å². The van der Waals surface area contributed by atoms with E-state index in [2.05, 4.69) is 0 Å². The molecule has 0 aromatic rings. The van der Waals surface area contributed by atoms with Crippen molar-refractivity contribution in [3.8, 4) is 0 Å². The van der Waals surface area contributed by atoms with Gasteiger partial charge in [-0.25, -0.2) is 25.3 Å². The Balaban J connectivity index is 5.16. The summed E-state index contributed by atoms with van der Waals surface area (Å²) >= 11 is 0. The van der Waals surface area contributed by atoms with Crippen molar-refractivity contribution in [2.24, 2.45) is 5.41 Å². The second-order valence-corrected chi connectivity index (χ2v) is 13.8. The molecule has 8 nitrogen and oxygen atoms in total. The smallest absolute Gasteiger partial charge is 0.465 e. The molecule has 0 saturated heterocycles. The highest BCUT2D eigenvalue weighted by molar-refractivity contribution is 8.24. The van der Waals surface area contributed by atoms with E-state index in [9.17, 15) is 43.2 Å². The molecule has 0 fully saturated rings. The number of rotatable bonds is 10. The molecular formula is C13H23F3O8S3. The van der Waals surface area contributed by atoms with Gasteiger partial charge in [0, 0.05) is 6.26 Å². The minimum absolute atomic E-state index is 0.104. The zero-order chi connectivity index (χ0) is 21.9. The second kappa shape index (κ2) is 8.64. The molecule has 0 rings (SSSR count). The van der Waals surface area contributed by atoms with Crippen LogP contribution in [0.15, 0.2) is 0 Å². The Kier molecular flexibility index (Phi) is 8.35. The van der Waals surface area contributed by atoms with Crippen molar-refractivity contribution < 1.29 is 48.0 Å². The summed E-state index contributed by atoms with van der Waals surface area (Å²) in [6.07, 6.45) is 0.0908. The molecule has 0 saturated carbocycles. The summed E-state index contributed by atoms with van der Waals surface area (Å²) < 4.78 is 109. The number of halogens is 3. The van der Waals surface area contributed by atoms with E-state index in [-0.39, 0.29) is 25.7 Å². The van der Waals surface area contributed by atoms with Crippen LogP contribution in [0.25, 0.3) is 0 Å². The predicted octanol–water partition coefficient (Wildman–Crippen LogP) is 1.42. The highest BCUT2D eigenvalue weighted by Crippen LogP contribution is 2.32. The molecule has 0 amide bonds. The largest absolute Gasteiger partial charge is 0.499 e. The molecule has 1 unspecified atom stereocenters. The average molecular weight is 461 g/mol. The molecule has 0 aromatic heterocycles. The Morgan fingerprint density at radius 3 is 1.85 bits per heavy atom.